The molecule has 2 aromatic carbocycles. The van der Waals surface area contributed by atoms with E-state index in [0.29, 0.717) is 32.1 Å². The molecule has 2 rings (SSSR count). The molecule has 0 fully saturated rings. The standard InChI is InChI=1S/C13H9Cl3O2/c14-9-3-10(15)5-12(4-9)18-11-2-1-8(7-17)13(16)6-11/h1-6,17H,7H2. The summed E-state index contributed by atoms with van der Waals surface area (Å²) in [4.78, 5) is 0. The van der Waals surface area contributed by atoms with E-state index in [2.05, 4.69) is 0 Å². The van der Waals surface area contributed by atoms with Crippen LogP contribution in [0, 0.1) is 0 Å². The molecule has 0 saturated heterocycles. The van der Waals surface area contributed by atoms with E-state index in [1.54, 1.807) is 36.4 Å². The molecular formula is C13H9Cl3O2. The second kappa shape index (κ2) is 5.81. The minimum absolute atomic E-state index is 0.109. The van der Waals surface area contributed by atoms with Crippen molar-refractivity contribution in [1.82, 2.24) is 0 Å². The predicted molar refractivity (Wildman–Crippen MR) is 73.9 cm³/mol. The van der Waals surface area contributed by atoms with Gasteiger partial charge in [0.15, 0.2) is 0 Å². The predicted octanol–water partition coefficient (Wildman–Crippen LogP) is 4.93. The van der Waals surface area contributed by atoms with Crippen molar-refractivity contribution in [2.24, 2.45) is 0 Å². The van der Waals surface area contributed by atoms with E-state index < -0.39 is 0 Å². The summed E-state index contributed by atoms with van der Waals surface area (Å²) in [7, 11) is 0. The number of benzene rings is 2. The van der Waals surface area contributed by atoms with Crippen molar-refractivity contribution in [3.8, 4) is 11.5 Å². The first-order valence-corrected chi connectivity index (χ1v) is 6.25. The Bertz CT molecular complexity index is 550. The molecule has 1 N–H and O–H groups in total. The van der Waals surface area contributed by atoms with Crippen LogP contribution >= 0.6 is 34.8 Å². The first-order valence-electron chi connectivity index (χ1n) is 5.12. The van der Waals surface area contributed by atoms with Gasteiger partial charge in [-0.15, -0.1) is 0 Å². The van der Waals surface area contributed by atoms with Gasteiger partial charge in [-0.2, -0.15) is 0 Å². The second-order valence-electron chi connectivity index (χ2n) is 3.62. The van der Waals surface area contributed by atoms with Gasteiger partial charge >= 0.3 is 0 Å². The maximum Gasteiger partial charge on any atom is 0.130 e. The maximum absolute atomic E-state index is 9.01. The zero-order chi connectivity index (χ0) is 13.1. The summed E-state index contributed by atoms with van der Waals surface area (Å²) in [6.45, 7) is -0.109. The molecule has 0 amide bonds. The van der Waals surface area contributed by atoms with Gasteiger partial charge in [0.25, 0.3) is 0 Å². The number of aliphatic hydroxyl groups is 1. The van der Waals surface area contributed by atoms with Crippen LogP contribution in [0.25, 0.3) is 0 Å². The summed E-state index contributed by atoms with van der Waals surface area (Å²) in [6, 6.07) is 9.97. The topological polar surface area (TPSA) is 29.5 Å². The fourth-order valence-corrected chi connectivity index (χ4v) is 2.18. The smallest absolute Gasteiger partial charge is 0.130 e. The molecule has 0 aliphatic heterocycles. The lowest BCUT2D eigenvalue weighted by molar-refractivity contribution is 0.282. The van der Waals surface area contributed by atoms with Crippen LogP contribution in [-0.4, -0.2) is 5.11 Å². The lowest BCUT2D eigenvalue weighted by Crippen LogP contribution is -1.88. The summed E-state index contributed by atoms with van der Waals surface area (Å²) in [5, 5.41) is 10.5. The highest BCUT2D eigenvalue weighted by molar-refractivity contribution is 6.34. The van der Waals surface area contributed by atoms with Gasteiger partial charge in [-0.05, 0) is 35.9 Å². The summed E-state index contributed by atoms with van der Waals surface area (Å²) in [5.74, 6) is 1.08. The Hall–Kier alpha value is -0.930. The van der Waals surface area contributed by atoms with Crippen LogP contribution in [0.2, 0.25) is 15.1 Å². The number of aliphatic hydroxyl groups excluding tert-OH is 1. The Kier molecular flexibility index (Phi) is 4.36. The van der Waals surface area contributed by atoms with Crippen molar-refractivity contribution < 1.29 is 9.84 Å². The molecule has 0 aliphatic carbocycles. The van der Waals surface area contributed by atoms with E-state index in [1.807, 2.05) is 0 Å². The third-order valence-electron chi connectivity index (χ3n) is 2.27. The van der Waals surface area contributed by atoms with Crippen LogP contribution in [0.1, 0.15) is 5.56 Å². The molecule has 0 heterocycles. The summed E-state index contributed by atoms with van der Waals surface area (Å²) >= 11 is 17.7. The van der Waals surface area contributed by atoms with Gasteiger partial charge in [-0.1, -0.05) is 40.9 Å². The third-order valence-corrected chi connectivity index (χ3v) is 3.05. The number of hydrogen-bond donors (Lipinski definition) is 1. The molecule has 0 bridgehead atoms. The average molecular weight is 304 g/mol. The van der Waals surface area contributed by atoms with Crippen molar-refractivity contribution in [3.63, 3.8) is 0 Å². The fraction of sp³-hybridized carbons (Fsp3) is 0.0769. The molecular weight excluding hydrogens is 294 g/mol. The quantitative estimate of drug-likeness (QED) is 0.871. The molecule has 0 saturated carbocycles. The van der Waals surface area contributed by atoms with E-state index >= 15 is 0 Å². The van der Waals surface area contributed by atoms with E-state index in [9.17, 15) is 0 Å². The maximum atomic E-state index is 9.01. The first kappa shape index (κ1) is 13.5. The van der Waals surface area contributed by atoms with Gasteiger partial charge in [-0.3, -0.25) is 0 Å². The molecule has 0 aliphatic rings. The van der Waals surface area contributed by atoms with Crippen molar-refractivity contribution in [2.45, 2.75) is 6.61 Å². The largest absolute Gasteiger partial charge is 0.457 e. The molecule has 0 aromatic heterocycles. The van der Waals surface area contributed by atoms with Crippen LogP contribution in [0.15, 0.2) is 36.4 Å². The second-order valence-corrected chi connectivity index (χ2v) is 4.90. The van der Waals surface area contributed by atoms with Crippen LogP contribution in [0.3, 0.4) is 0 Å². The Morgan fingerprint density at radius 3 is 2.11 bits per heavy atom. The molecule has 5 heteroatoms. The molecule has 2 nitrogen and oxygen atoms in total. The van der Waals surface area contributed by atoms with Crippen molar-refractivity contribution >= 4 is 34.8 Å². The molecule has 2 aromatic rings. The summed E-state index contributed by atoms with van der Waals surface area (Å²) < 4.78 is 5.59. The Labute approximate surface area is 120 Å². The molecule has 0 unspecified atom stereocenters. The Morgan fingerprint density at radius 2 is 1.56 bits per heavy atom. The van der Waals surface area contributed by atoms with E-state index in [4.69, 9.17) is 44.6 Å². The summed E-state index contributed by atoms with van der Waals surface area (Å²) in [6.07, 6.45) is 0. The van der Waals surface area contributed by atoms with Gasteiger partial charge in [0.1, 0.15) is 11.5 Å². The fourth-order valence-electron chi connectivity index (χ4n) is 1.44. The van der Waals surface area contributed by atoms with Crippen molar-refractivity contribution in [3.05, 3.63) is 57.0 Å². The normalized spacial score (nSPS) is 10.4. The SMILES string of the molecule is OCc1ccc(Oc2cc(Cl)cc(Cl)c2)cc1Cl. The molecule has 18 heavy (non-hydrogen) atoms. The molecule has 0 radical (unpaired) electrons. The zero-order valence-electron chi connectivity index (χ0n) is 9.16. The van der Waals surface area contributed by atoms with Crippen LogP contribution in [0.5, 0.6) is 11.5 Å². The minimum atomic E-state index is -0.109. The van der Waals surface area contributed by atoms with Gasteiger partial charge in [0.05, 0.1) is 6.61 Å². The monoisotopic (exact) mass is 302 g/mol. The highest BCUT2D eigenvalue weighted by Gasteiger charge is 2.04. The number of hydrogen-bond acceptors (Lipinski definition) is 2. The van der Waals surface area contributed by atoms with Gasteiger partial charge < -0.3 is 9.84 Å². The number of rotatable bonds is 3. The summed E-state index contributed by atoms with van der Waals surface area (Å²) in [5.41, 5.74) is 0.646. The highest BCUT2D eigenvalue weighted by atomic mass is 35.5. The van der Waals surface area contributed by atoms with Crippen molar-refractivity contribution in [1.29, 1.82) is 0 Å². The molecule has 0 spiro atoms. The zero-order valence-corrected chi connectivity index (χ0v) is 11.4. The van der Waals surface area contributed by atoms with Crippen LogP contribution in [-0.2, 0) is 6.61 Å². The molecule has 94 valence electrons. The van der Waals surface area contributed by atoms with Gasteiger partial charge in [0, 0.05) is 15.1 Å². The highest BCUT2D eigenvalue weighted by Crippen LogP contribution is 2.30. The van der Waals surface area contributed by atoms with Crippen LogP contribution in [0.4, 0.5) is 0 Å². The first-order chi connectivity index (χ1) is 8.58. The molecule has 0 atom stereocenters. The van der Waals surface area contributed by atoms with Crippen molar-refractivity contribution in [2.75, 3.05) is 0 Å². The van der Waals surface area contributed by atoms with Gasteiger partial charge in [0.2, 0.25) is 0 Å². The average Bonchev–Trinajstić information content (AvgIpc) is 2.27. The Morgan fingerprint density at radius 1 is 0.889 bits per heavy atom. The van der Waals surface area contributed by atoms with E-state index in [1.165, 1.54) is 0 Å². The Balaban J connectivity index is 2.25. The number of ether oxygens (including phenoxy) is 1. The van der Waals surface area contributed by atoms with E-state index in [-0.39, 0.29) is 6.61 Å². The van der Waals surface area contributed by atoms with E-state index in [0.717, 1.165) is 0 Å². The number of halogens is 3. The third kappa shape index (κ3) is 3.30. The van der Waals surface area contributed by atoms with Crippen LogP contribution < -0.4 is 4.74 Å². The van der Waals surface area contributed by atoms with Gasteiger partial charge in [-0.25, -0.2) is 0 Å². The lowest BCUT2D eigenvalue weighted by atomic mass is 10.2. The lowest BCUT2D eigenvalue weighted by Gasteiger charge is -2.08. The minimum Gasteiger partial charge on any atom is -0.457 e.